The van der Waals surface area contributed by atoms with E-state index in [1.165, 1.54) is 6.07 Å². The molecule has 0 bridgehead atoms. The molecule has 0 spiro atoms. The molecule has 2 heterocycles. The summed E-state index contributed by atoms with van der Waals surface area (Å²) in [6, 6.07) is 22.1. The highest BCUT2D eigenvalue weighted by molar-refractivity contribution is 7.93. The van der Waals surface area contributed by atoms with Crippen LogP contribution in [0.4, 0.5) is 5.69 Å². The molecule has 5 rings (SSSR count). The number of anilines is 1. The second-order valence-corrected chi connectivity index (χ2v) is 9.52. The minimum Gasteiger partial charge on any atom is -0.280 e. The lowest BCUT2D eigenvalue weighted by atomic mass is 10.1. The Morgan fingerprint density at radius 1 is 0.833 bits per heavy atom. The topological polar surface area (TPSA) is 84.8 Å². The van der Waals surface area contributed by atoms with Crippen LogP contribution in [-0.2, 0) is 10.0 Å². The van der Waals surface area contributed by atoms with Gasteiger partial charge in [0, 0.05) is 22.2 Å². The van der Waals surface area contributed by atoms with Crippen LogP contribution in [0.1, 0.15) is 0 Å². The van der Waals surface area contributed by atoms with Gasteiger partial charge in [-0.25, -0.2) is 13.4 Å². The third-order valence-corrected chi connectivity index (χ3v) is 7.32. The minimum absolute atomic E-state index is 0.110. The van der Waals surface area contributed by atoms with E-state index in [0.717, 1.165) is 33.6 Å². The SMILES string of the molecule is O=S(=O)(Nc1cccc(-c2csc(-c3ccccc3)n2)c1)c1cccc2nsnc12. The Bertz CT molecular complexity index is 1440. The van der Waals surface area contributed by atoms with Crippen molar-refractivity contribution in [3.63, 3.8) is 0 Å². The molecule has 0 radical (unpaired) electrons. The second kappa shape index (κ2) is 7.60. The Kier molecular flexibility index (Phi) is 4.78. The van der Waals surface area contributed by atoms with Crippen molar-refractivity contribution in [1.29, 1.82) is 0 Å². The van der Waals surface area contributed by atoms with E-state index in [9.17, 15) is 8.42 Å². The number of thiazole rings is 1. The lowest BCUT2D eigenvalue weighted by Gasteiger charge is -2.09. The zero-order chi connectivity index (χ0) is 20.6. The van der Waals surface area contributed by atoms with E-state index >= 15 is 0 Å². The fourth-order valence-electron chi connectivity index (χ4n) is 3.07. The number of hydrogen-bond donors (Lipinski definition) is 1. The van der Waals surface area contributed by atoms with Crippen molar-refractivity contribution in [3.05, 3.63) is 78.2 Å². The number of rotatable bonds is 5. The summed E-state index contributed by atoms with van der Waals surface area (Å²) < 4.78 is 36.8. The van der Waals surface area contributed by atoms with E-state index in [2.05, 4.69) is 13.5 Å². The Morgan fingerprint density at radius 2 is 1.63 bits per heavy atom. The van der Waals surface area contributed by atoms with E-state index in [1.54, 1.807) is 41.7 Å². The highest BCUT2D eigenvalue weighted by Crippen LogP contribution is 2.30. The lowest BCUT2D eigenvalue weighted by Crippen LogP contribution is -2.13. The van der Waals surface area contributed by atoms with Crippen molar-refractivity contribution in [2.45, 2.75) is 4.90 Å². The number of benzene rings is 3. The van der Waals surface area contributed by atoms with Crippen molar-refractivity contribution in [2.24, 2.45) is 0 Å². The van der Waals surface area contributed by atoms with Gasteiger partial charge in [0.15, 0.2) is 0 Å². The van der Waals surface area contributed by atoms with Crippen LogP contribution in [0, 0.1) is 0 Å². The van der Waals surface area contributed by atoms with Crippen molar-refractivity contribution < 1.29 is 8.42 Å². The maximum atomic E-state index is 13.0. The minimum atomic E-state index is -3.81. The molecule has 0 aliphatic heterocycles. The van der Waals surface area contributed by atoms with Gasteiger partial charge in [-0.2, -0.15) is 8.75 Å². The third-order valence-electron chi connectivity index (χ3n) is 4.47. The number of nitrogens with zero attached hydrogens (tertiary/aromatic N) is 3. The molecule has 0 amide bonds. The Hall–Kier alpha value is -3.14. The van der Waals surface area contributed by atoms with E-state index in [1.807, 2.05) is 41.8 Å². The molecule has 0 fully saturated rings. The van der Waals surface area contributed by atoms with Crippen LogP contribution in [0.25, 0.3) is 32.9 Å². The maximum absolute atomic E-state index is 13.0. The van der Waals surface area contributed by atoms with E-state index in [0.29, 0.717) is 16.7 Å². The number of nitrogens with one attached hydrogen (secondary N) is 1. The molecule has 1 N–H and O–H groups in total. The van der Waals surface area contributed by atoms with Gasteiger partial charge in [0.05, 0.1) is 17.4 Å². The summed E-state index contributed by atoms with van der Waals surface area (Å²) in [6.45, 7) is 0. The smallest absolute Gasteiger partial charge is 0.264 e. The van der Waals surface area contributed by atoms with Gasteiger partial charge < -0.3 is 0 Å². The Balaban J connectivity index is 1.46. The lowest BCUT2D eigenvalue weighted by molar-refractivity contribution is 0.602. The van der Waals surface area contributed by atoms with Gasteiger partial charge in [0.25, 0.3) is 10.0 Å². The van der Waals surface area contributed by atoms with Gasteiger partial charge >= 0.3 is 0 Å². The first-order chi connectivity index (χ1) is 14.6. The van der Waals surface area contributed by atoms with Gasteiger partial charge in [-0.15, -0.1) is 11.3 Å². The molecular weight excluding hydrogens is 436 g/mol. The van der Waals surface area contributed by atoms with E-state index in [-0.39, 0.29) is 4.90 Å². The van der Waals surface area contributed by atoms with Gasteiger partial charge in [-0.3, -0.25) is 4.72 Å². The first-order valence-corrected chi connectivity index (χ1v) is 12.0. The fraction of sp³-hybridized carbons (Fsp3) is 0. The number of hydrogen-bond acceptors (Lipinski definition) is 7. The predicted molar refractivity (Wildman–Crippen MR) is 121 cm³/mol. The van der Waals surface area contributed by atoms with Crippen LogP contribution in [0.2, 0.25) is 0 Å². The summed E-state index contributed by atoms with van der Waals surface area (Å²) in [6.07, 6.45) is 0. The van der Waals surface area contributed by atoms with Gasteiger partial charge in [0.1, 0.15) is 20.9 Å². The molecule has 2 aromatic heterocycles. The van der Waals surface area contributed by atoms with Crippen LogP contribution < -0.4 is 4.72 Å². The van der Waals surface area contributed by atoms with Crippen molar-refractivity contribution in [2.75, 3.05) is 4.72 Å². The monoisotopic (exact) mass is 450 g/mol. The molecule has 0 saturated carbocycles. The summed E-state index contributed by atoms with van der Waals surface area (Å²) in [5.74, 6) is 0. The predicted octanol–water partition coefficient (Wildman–Crippen LogP) is 5.28. The zero-order valence-corrected chi connectivity index (χ0v) is 17.8. The van der Waals surface area contributed by atoms with E-state index in [4.69, 9.17) is 4.98 Å². The number of sulfonamides is 1. The van der Waals surface area contributed by atoms with Gasteiger partial charge in [0.2, 0.25) is 0 Å². The van der Waals surface area contributed by atoms with Crippen LogP contribution in [0.3, 0.4) is 0 Å². The molecule has 30 heavy (non-hydrogen) atoms. The standard InChI is InChI=1S/C21H14N4O2S3/c26-30(27,19-11-5-10-17-20(19)24-29-23-17)25-16-9-4-8-15(12-16)18-13-28-21(22-18)14-6-2-1-3-7-14/h1-13,25H. The molecule has 0 unspecified atom stereocenters. The summed E-state index contributed by atoms with van der Waals surface area (Å²) in [4.78, 5) is 4.82. The maximum Gasteiger partial charge on any atom is 0.264 e. The van der Waals surface area contributed by atoms with Crippen molar-refractivity contribution in [3.8, 4) is 21.8 Å². The molecule has 5 aromatic rings. The summed E-state index contributed by atoms with van der Waals surface area (Å²) in [7, 11) is -3.81. The van der Waals surface area contributed by atoms with Crippen LogP contribution in [0.5, 0.6) is 0 Å². The molecule has 0 atom stereocenters. The van der Waals surface area contributed by atoms with Gasteiger partial charge in [-0.05, 0) is 24.3 Å². The average Bonchev–Trinajstić information content (AvgIpc) is 3.44. The summed E-state index contributed by atoms with van der Waals surface area (Å²) in [5.41, 5.74) is 4.08. The number of fused-ring (bicyclic) bond motifs is 1. The Labute approximate surface area is 181 Å². The fourth-order valence-corrected chi connectivity index (χ4v) is 5.72. The number of aromatic nitrogens is 3. The quantitative estimate of drug-likeness (QED) is 0.394. The zero-order valence-electron chi connectivity index (χ0n) is 15.4. The van der Waals surface area contributed by atoms with Crippen molar-refractivity contribution in [1.82, 2.24) is 13.7 Å². The van der Waals surface area contributed by atoms with Crippen LogP contribution >= 0.6 is 23.1 Å². The molecular formula is C21H14N4O2S3. The molecule has 0 aliphatic rings. The summed E-state index contributed by atoms with van der Waals surface area (Å²) in [5, 5.41) is 2.89. The second-order valence-electron chi connectivity index (χ2n) is 6.48. The molecule has 0 saturated heterocycles. The van der Waals surface area contributed by atoms with Crippen molar-refractivity contribution >= 4 is 49.8 Å². The first kappa shape index (κ1) is 18.9. The van der Waals surface area contributed by atoms with Gasteiger partial charge in [-0.1, -0.05) is 48.5 Å². The largest absolute Gasteiger partial charge is 0.280 e. The summed E-state index contributed by atoms with van der Waals surface area (Å²) >= 11 is 2.54. The molecule has 148 valence electrons. The van der Waals surface area contributed by atoms with Crippen LogP contribution in [-0.4, -0.2) is 22.1 Å². The van der Waals surface area contributed by atoms with Crippen LogP contribution in [0.15, 0.2) is 83.1 Å². The normalized spacial score (nSPS) is 11.6. The first-order valence-electron chi connectivity index (χ1n) is 8.96. The highest BCUT2D eigenvalue weighted by atomic mass is 32.2. The molecule has 9 heteroatoms. The van der Waals surface area contributed by atoms with E-state index < -0.39 is 10.0 Å². The third kappa shape index (κ3) is 3.58. The molecule has 6 nitrogen and oxygen atoms in total. The molecule has 0 aliphatic carbocycles. The average molecular weight is 451 g/mol. The molecule has 3 aromatic carbocycles. The Morgan fingerprint density at radius 3 is 2.50 bits per heavy atom. The highest BCUT2D eigenvalue weighted by Gasteiger charge is 2.20.